The van der Waals surface area contributed by atoms with Crippen LogP contribution in [0.15, 0.2) is 18.2 Å². The molecule has 1 aliphatic rings. The molecule has 0 atom stereocenters. The van der Waals surface area contributed by atoms with Crippen LogP contribution >= 0.6 is 11.6 Å². The Bertz CT molecular complexity index is 399. The monoisotopic (exact) mass is 251 g/mol. The fourth-order valence-electron chi connectivity index (χ4n) is 2.65. The summed E-state index contributed by atoms with van der Waals surface area (Å²) >= 11 is 6.22. The lowest BCUT2D eigenvalue weighted by Gasteiger charge is -2.34. The number of hydrogen-bond donors (Lipinski definition) is 0. The maximum absolute atomic E-state index is 11.1. The van der Waals surface area contributed by atoms with Crippen LogP contribution in [0.25, 0.3) is 0 Å². The van der Waals surface area contributed by atoms with Gasteiger partial charge in [0, 0.05) is 18.7 Å². The number of carbonyl (C=O) groups is 1. The highest BCUT2D eigenvalue weighted by molar-refractivity contribution is 6.33. The van der Waals surface area contributed by atoms with E-state index >= 15 is 0 Å². The molecule has 0 spiro atoms. The molecule has 0 saturated heterocycles. The molecule has 1 fully saturated rings. The molecule has 0 amide bonds. The predicted octanol–water partition coefficient (Wildman–Crippen LogP) is 3.92. The second-order valence-electron chi connectivity index (χ2n) is 4.70. The van der Waals surface area contributed by atoms with E-state index in [2.05, 4.69) is 4.90 Å². The molecular weight excluding hydrogens is 234 g/mol. The zero-order valence-corrected chi connectivity index (χ0v) is 10.9. The van der Waals surface area contributed by atoms with Gasteiger partial charge in [-0.05, 0) is 25.0 Å². The van der Waals surface area contributed by atoms with E-state index in [0.29, 0.717) is 16.6 Å². The summed E-state index contributed by atoms with van der Waals surface area (Å²) in [4.78, 5) is 13.3. The lowest BCUT2D eigenvalue weighted by molar-refractivity contribution is 0.112. The smallest absolute Gasteiger partial charge is 0.152 e. The van der Waals surface area contributed by atoms with Crippen molar-refractivity contribution >= 4 is 23.6 Å². The summed E-state index contributed by atoms with van der Waals surface area (Å²) in [5.41, 5.74) is 1.57. The Labute approximate surface area is 108 Å². The Balaban J connectivity index is 2.28. The van der Waals surface area contributed by atoms with Crippen LogP contribution in [0.5, 0.6) is 0 Å². The first-order chi connectivity index (χ1) is 8.24. The van der Waals surface area contributed by atoms with E-state index in [-0.39, 0.29) is 0 Å². The summed E-state index contributed by atoms with van der Waals surface area (Å²) < 4.78 is 0. The van der Waals surface area contributed by atoms with Crippen molar-refractivity contribution in [2.24, 2.45) is 0 Å². The molecule has 17 heavy (non-hydrogen) atoms. The van der Waals surface area contributed by atoms with E-state index in [1.54, 1.807) is 0 Å². The topological polar surface area (TPSA) is 20.3 Å². The Kier molecular flexibility index (Phi) is 4.06. The normalized spacial score (nSPS) is 16.8. The van der Waals surface area contributed by atoms with Gasteiger partial charge in [-0.25, -0.2) is 0 Å². The average molecular weight is 252 g/mol. The van der Waals surface area contributed by atoms with Crippen LogP contribution in [-0.2, 0) is 0 Å². The lowest BCUT2D eigenvalue weighted by Crippen LogP contribution is -2.34. The molecule has 1 aromatic rings. The third kappa shape index (κ3) is 2.63. The van der Waals surface area contributed by atoms with E-state index < -0.39 is 0 Å². The minimum atomic E-state index is 0.516. The second-order valence-corrected chi connectivity index (χ2v) is 5.11. The third-order valence-electron chi connectivity index (χ3n) is 3.62. The van der Waals surface area contributed by atoms with Crippen molar-refractivity contribution in [1.29, 1.82) is 0 Å². The van der Waals surface area contributed by atoms with E-state index in [1.807, 2.05) is 25.2 Å². The van der Waals surface area contributed by atoms with Gasteiger partial charge in [-0.1, -0.05) is 36.9 Å². The van der Waals surface area contributed by atoms with Crippen LogP contribution in [0, 0.1) is 0 Å². The fourth-order valence-corrected chi connectivity index (χ4v) is 2.97. The molecule has 2 rings (SSSR count). The third-order valence-corrected chi connectivity index (χ3v) is 3.93. The van der Waals surface area contributed by atoms with E-state index in [9.17, 15) is 4.79 Å². The largest absolute Gasteiger partial charge is 0.370 e. The number of halogens is 1. The van der Waals surface area contributed by atoms with Gasteiger partial charge in [0.1, 0.15) is 0 Å². The fraction of sp³-hybridized carbons (Fsp3) is 0.500. The van der Waals surface area contributed by atoms with Gasteiger partial charge in [-0.2, -0.15) is 0 Å². The summed E-state index contributed by atoms with van der Waals surface area (Å²) in [5.74, 6) is 0. The van der Waals surface area contributed by atoms with E-state index in [4.69, 9.17) is 11.6 Å². The second kappa shape index (κ2) is 5.54. The standard InChI is InChI=1S/C14H18ClNO/c1-16(12-7-3-2-4-8-12)14-11(10-17)6-5-9-13(14)15/h5-6,9-10,12H,2-4,7-8H2,1H3. The quantitative estimate of drug-likeness (QED) is 0.759. The first-order valence-corrected chi connectivity index (χ1v) is 6.58. The number of para-hydroxylation sites is 1. The number of hydrogen-bond acceptors (Lipinski definition) is 2. The van der Waals surface area contributed by atoms with Crippen LogP contribution in [0.2, 0.25) is 5.02 Å². The maximum Gasteiger partial charge on any atom is 0.152 e. The van der Waals surface area contributed by atoms with Gasteiger partial charge in [0.25, 0.3) is 0 Å². The maximum atomic E-state index is 11.1. The molecular formula is C14H18ClNO. The summed E-state index contributed by atoms with van der Waals surface area (Å²) in [6.45, 7) is 0. The molecule has 1 aromatic carbocycles. The van der Waals surface area contributed by atoms with Crippen LogP contribution in [0.3, 0.4) is 0 Å². The first-order valence-electron chi connectivity index (χ1n) is 6.20. The van der Waals surface area contributed by atoms with E-state index in [0.717, 1.165) is 12.0 Å². The SMILES string of the molecule is CN(c1c(Cl)cccc1C=O)C1CCCCC1. The zero-order chi connectivity index (χ0) is 12.3. The summed E-state index contributed by atoms with van der Waals surface area (Å²) in [6, 6.07) is 6.02. The molecule has 1 aliphatic carbocycles. The van der Waals surface area contributed by atoms with Crippen molar-refractivity contribution in [3.05, 3.63) is 28.8 Å². The van der Waals surface area contributed by atoms with Crippen molar-refractivity contribution < 1.29 is 4.79 Å². The van der Waals surface area contributed by atoms with Crippen LogP contribution in [-0.4, -0.2) is 19.4 Å². The molecule has 0 radical (unpaired) electrons. The summed E-state index contributed by atoms with van der Waals surface area (Å²) in [7, 11) is 2.05. The number of benzene rings is 1. The minimum Gasteiger partial charge on any atom is -0.370 e. The minimum absolute atomic E-state index is 0.516. The van der Waals surface area contributed by atoms with Gasteiger partial charge in [0.15, 0.2) is 6.29 Å². The molecule has 0 aliphatic heterocycles. The molecule has 3 heteroatoms. The number of carbonyl (C=O) groups excluding carboxylic acids is 1. The van der Waals surface area contributed by atoms with E-state index in [1.165, 1.54) is 32.1 Å². The molecule has 0 aromatic heterocycles. The highest BCUT2D eigenvalue weighted by Crippen LogP contribution is 2.33. The molecule has 0 N–H and O–H groups in total. The van der Waals surface area contributed by atoms with Crippen molar-refractivity contribution in [3.63, 3.8) is 0 Å². The van der Waals surface area contributed by atoms with Crippen LogP contribution in [0.4, 0.5) is 5.69 Å². The summed E-state index contributed by atoms with van der Waals surface area (Å²) in [6.07, 6.45) is 7.15. The Morgan fingerprint density at radius 1 is 1.29 bits per heavy atom. The van der Waals surface area contributed by atoms with Crippen LogP contribution < -0.4 is 4.90 Å². The molecule has 0 bridgehead atoms. The van der Waals surface area contributed by atoms with Crippen molar-refractivity contribution in [2.75, 3.05) is 11.9 Å². The molecule has 92 valence electrons. The average Bonchev–Trinajstić information content (AvgIpc) is 2.38. The first kappa shape index (κ1) is 12.4. The van der Waals surface area contributed by atoms with Gasteiger partial charge < -0.3 is 4.90 Å². The summed E-state index contributed by atoms with van der Waals surface area (Å²) in [5, 5.41) is 0.669. The van der Waals surface area contributed by atoms with Gasteiger partial charge in [-0.3, -0.25) is 4.79 Å². The number of anilines is 1. The highest BCUT2D eigenvalue weighted by atomic mass is 35.5. The Morgan fingerprint density at radius 2 is 2.00 bits per heavy atom. The molecule has 0 heterocycles. The van der Waals surface area contributed by atoms with Crippen LogP contribution in [0.1, 0.15) is 42.5 Å². The molecule has 2 nitrogen and oxygen atoms in total. The van der Waals surface area contributed by atoms with Gasteiger partial charge in [0.05, 0.1) is 10.7 Å². The highest BCUT2D eigenvalue weighted by Gasteiger charge is 2.21. The predicted molar refractivity (Wildman–Crippen MR) is 72.1 cm³/mol. The van der Waals surface area contributed by atoms with Gasteiger partial charge >= 0.3 is 0 Å². The van der Waals surface area contributed by atoms with Gasteiger partial charge in [-0.15, -0.1) is 0 Å². The van der Waals surface area contributed by atoms with Crippen molar-refractivity contribution in [1.82, 2.24) is 0 Å². The Hall–Kier alpha value is -1.02. The molecule has 0 unspecified atom stereocenters. The Morgan fingerprint density at radius 3 is 2.65 bits per heavy atom. The lowest BCUT2D eigenvalue weighted by atomic mass is 9.94. The number of nitrogens with zero attached hydrogens (tertiary/aromatic N) is 1. The van der Waals surface area contributed by atoms with Gasteiger partial charge in [0.2, 0.25) is 0 Å². The number of aldehydes is 1. The van der Waals surface area contributed by atoms with Crippen molar-refractivity contribution in [3.8, 4) is 0 Å². The molecule has 1 saturated carbocycles. The zero-order valence-electron chi connectivity index (χ0n) is 10.2. The van der Waals surface area contributed by atoms with Crippen molar-refractivity contribution in [2.45, 2.75) is 38.1 Å². The number of rotatable bonds is 3.